The van der Waals surface area contributed by atoms with Crippen molar-refractivity contribution >= 4 is 40.5 Å². The number of methoxy groups -OCH3 is 1. The van der Waals surface area contributed by atoms with Crippen molar-refractivity contribution in [2.75, 3.05) is 24.8 Å². The van der Waals surface area contributed by atoms with Crippen LogP contribution in [0.25, 0.3) is 0 Å². The fraction of sp³-hybridized carbons (Fsp3) is 0.125. The first kappa shape index (κ1) is 19.0. The second-order valence-electron chi connectivity index (χ2n) is 5.00. The van der Waals surface area contributed by atoms with Gasteiger partial charge in [0.2, 0.25) is 0 Å². The molecule has 0 heterocycles. The van der Waals surface area contributed by atoms with E-state index in [0.29, 0.717) is 5.02 Å². The maximum atomic E-state index is 12.0. The molecule has 0 unspecified atom stereocenters. The van der Waals surface area contributed by atoms with E-state index in [-0.39, 0.29) is 28.4 Å². The molecule has 0 aromatic heterocycles. The zero-order chi connectivity index (χ0) is 19.3. The minimum atomic E-state index is -0.787. The van der Waals surface area contributed by atoms with Gasteiger partial charge in [-0.3, -0.25) is 14.9 Å². The maximum Gasteiger partial charge on any atom is 0.340 e. The molecule has 0 saturated heterocycles. The highest BCUT2D eigenvalue weighted by Gasteiger charge is 2.16. The highest BCUT2D eigenvalue weighted by atomic mass is 35.5. The molecule has 0 aliphatic carbocycles. The van der Waals surface area contributed by atoms with Crippen molar-refractivity contribution < 1.29 is 24.0 Å². The topological polar surface area (TPSA) is 134 Å². The third-order valence-electron chi connectivity index (χ3n) is 3.24. The molecule has 0 atom stereocenters. The predicted octanol–water partition coefficient (Wildman–Crippen LogP) is 2.63. The summed E-state index contributed by atoms with van der Waals surface area (Å²) in [7, 11) is 1.30. The minimum Gasteiger partial charge on any atom is -0.494 e. The lowest BCUT2D eigenvalue weighted by Crippen LogP contribution is -2.21. The summed E-state index contributed by atoms with van der Waals surface area (Å²) in [6.07, 6.45) is 0. The third kappa shape index (κ3) is 4.61. The minimum absolute atomic E-state index is 0.0788. The first-order valence-electron chi connectivity index (χ1n) is 7.16. The van der Waals surface area contributed by atoms with Crippen molar-refractivity contribution in [2.45, 2.75) is 0 Å². The average molecular weight is 380 g/mol. The van der Waals surface area contributed by atoms with Crippen LogP contribution in [0.3, 0.4) is 0 Å². The van der Waals surface area contributed by atoms with Crippen LogP contribution >= 0.6 is 11.6 Å². The van der Waals surface area contributed by atoms with Gasteiger partial charge in [0.05, 0.1) is 29.4 Å². The normalized spacial score (nSPS) is 10.1. The molecule has 0 aliphatic heterocycles. The summed E-state index contributed by atoms with van der Waals surface area (Å²) < 4.78 is 9.90. The first-order chi connectivity index (χ1) is 12.3. The lowest BCUT2D eigenvalue weighted by atomic mass is 10.2. The zero-order valence-corrected chi connectivity index (χ0v) is 14.3. The van der Waals surface area contributed by atoms with Crippen LogP contribution in [0.1, 0.15) is 10.4 Å². The molecule has 0 radical (unpaired) electrons. The van der Waals surface area contributed by atoms with Gasteiger partial charge in [0.1, 0.15) is 5.75 Å². The monoisotopic (exact) mass is 379 g/mol. The van der Waals surface area contributed by atoms with Gasteiger partial charge in [-0.25, -0.2) is 4.79 Å². The summed E-state index contributed by atoms with van der Waals surface area (Å²) >= 11 is 5.75. The number of esters is 1. The lowest BCUT2D eigenvalue weighted by Gasteiger charge is -2.11. The van der Waals surface area contributed by atoms with Crippen LogP contribution < -0.4 is 15.8 Å². The number of amides is 1. The number of hydrogen-bond donors (Lipinski definition) is 2. The summed E-state index contributed by atoms with van der Waals surface area (Å²) in [6, 6.07) is 7.93. The van der Waals surface area contributed by atoms with Gasteiger partial charge < -0.3 is 20.5 Å². The molecule has 136 valence electrons. The third-order valence-corrected chi connectivity index (χ3v) is 3.47. The van der Waals surface area contributed by atoms with E-state index in [1.54, 1.807) is 0 Å². The molecule has 0 saturated carbocycles. The first-order valence-corrected chi connectivity index (χ1v) is 7.54. The number of ether oxygens (including phenoxy) is 2. The predicted molar refractivity (Wildman–Crippen MR) is 94.4 cm³/mol. The Bertz CT molecular complexity index is 871. The van der Waals surface area contributed by atoms with E-state index in [9.17, 15) is 19.7 Å². The van der Waals surface area contributed by atoms with Gasteiger partial charge in [-0.15, -0.1) is 0 Å². The number of benzene rings is 2. The number of hydrogen-bond acceptors (Lipinski definition) is 7. The number of non-ortho nitro benzene ring substituents is 1. The van der Waals surface area contributed by atoms with Crippen LogP contribution in [0.5, 0.6) is 5.75 Å². The number of nitrogens with zero attached hydrogens (tertiary/aromatic N) is 1. The van der Waals surface area contributed by atoms with Crippen LogP contribution in [0.15, 0.2) is 36.4 Å². The Morgan fingerprint density at radius 1 is 1.27 bits per heavy atom. The number of nitrogen functional groups attached to an aromatic ring is 1. The van der Waals surface area contributed by atoms with Crippen LogP contribution in [0, 0.1) is 10.1 Å². The highest BCUT2D eigenvalue weighted by molar-refractivity contribution is 6.31. The van der Waals surface area contributed by atoms with Crippen molar-refractivity contribution in [3.05, 3.63) is 57.1 Å². The number of halogens is 1. The van der Waals surface area contributed by atoms with E-state index in [0.717, 1.165) is 6.07 Å². The Morgan fingerprint density at radius 3 is 2.62 bits per heavy atom. The quantitative estimate of drug-likeness (QED) is 0.341. The summed E-state index contributed by atoms with van der Waals surface area (Å²) in [5.41, 5.74) is 5.88. The van der Waals surface area contributed by atoms with Crippen molar-refractivity contribution in [3.8, 4) is 5.75 Å². The molecule has 2 aromatic carbocycles. The van der Waals surface area contributed by atoms with E-state index >= 15 is 0 Å². The molecule has 3 N–H and O–H groups in total. The maximum absolute atomic E-state index is 12.0. The fourth-order valence-electron chi connectivity index (χ4n) is 2.01. The smallest absolute Gasteiger partial charge is 0.340 e. The van der Waals surface area contributed by atoms with Crippen LogP contribution in [0.2, 0.25) is 5.02 Å². The summed E-state index contributed by atoms with van der Waals surface area (Å²) in [6.45, 7) is -0.582. The van der Waals surface area contributed by atoms with Gasteiger partial charge >= 0.3 is 5.97 Å². The number of carbonyl (C=O) groups is 2. The number of nitrogens with one attached hydrogen (secondary N) is 1. The van der Waals surface area contributed by atoms with Crippen molar-refractivity contribution in [1.29, 1.82) is 0 Å². The van der Waals surface area contributed by atoms with Crippen molar-refractivity contribution in [2.24, 2.45) is 0 Å². The number of nitrogens with two attached hydrogens (primary N) is 1. The number of anilines is 2. The molecule has 10 heteroatoms. The summed E-state index contributed by atoms with van der Waals surface area (Å²) in [5, 5.41) is 13.6. The Hall–Kier alpha value is -3.33. The van der Waals surface area contributed by atoms with E-state index in [2.05, 4.69) is 5.32 Å². The molecule has 9 nitrogen and oxygen atoms in total. The Kier molecular flexibility index (Phi) is 5.97. The highest BCUT2D eigenvalue weighted by Crippen LogP contribution is 2.29. The molecule has 1 amide bonds. The number of rotatable bonds is 6. The number of carbonyl (C=O) groups excluding carboxylic acids is 2. The molecule has 2 aromatic rings. The van der Waals surface area contributed by atoms with Crippen molar-refractivity contribution in [1.82, 2.24) is 0 Å². The van der Waals surface area contributed by atoms with E-state index in [1.807, 2.05) is 0 Å². The van der Waals surface area contributed by atoms with E-state index in [1.165, 1.54) is 37.4 Å². The molecule has 0 bridgehead atoms. The molecule has 0 fully saturated rings. The zero-order valence-electron chi connectivity index (χ0n) is 13.5. The van der Waals surface area contributed by atoms with Crippen LogP contribution in [0.4, 0.5) is 17.1 Å². The Morgan fingerprint density at radius 2 is 2.00 bits per heavy atom. The van der Waals surface area contributed by atoms with Crippen LogP contribution in [-0.4, -0.2) is 30.5 Å². The van der Waals surface area contributed by atoms with Crippen LogP contribution in [-0.2, 0) is 9.53 Å². The molecule has 0 aliphatic rings. The second kappa shape index (κ2) is 8.17. The standard InChI is InChI=1S/C16H14ClN3O6/c1-25-14-7-10(20(23)24)3-5-13(14)19-15(21)8-26-16(22)11-4-2-9(17)6-12(11)18/h2-7H,8,18H2,1H3,(H,19,21). The molecular formula is C16H14ClN3O6. The van der Waals surface area contributed by atoms with E-state index in [4.69, 9.17) is 26.8 Å². The van der Waals surface area contributed by atoms with Gasteiger partial charge in [-0.2, -0.15) is 0 Å². The second-order valence-corrected chi connectivity index (χ2v) is 5.43. The molecular weight excluding hydrogens is 366 g/mol. The van der Waals surface area contributed by atoms with Gasteiger partial charge in [0.25, 0.3) is 11.6 Å². The SMILES string of the molecule is COc1cc([N+](=O)[O-])ccc1NC(=O)COC(=O)c1ccc(Cl)cc1N. The summed E-state index contributed by atoms with van der Waals surface area (Å²) in [5.74, 6) is -1.34. The van der Waals surface area contributed by atoms with E-state index < -0.39 is 23.4 Å². The molecule has 26 heavy (non-hydrogen) atoms. The van der Waals surface area contributed by atoms with Crippen molar-refractivity contribution in [3.63, 3.8) is 0 Å². The molecule has 0 spiro atoms. The van der Waals surface area contributed by atoms with Gasteiger partial charge in [0, 0.05) is 16.8 Å². The Balaban J connectivity index is 2.00. The summed E-state index contributed by atoms with van der Waals surface area (Å²) in [4.78, 5) is 34.1. The average Bonchev–Trinajstić information content (AvgIpc) is 2.59. The lowest BCUT2D eigenvalue weighted by molar-refractivity contribution is -0.384. The number of nitro benzene ring substituents is 1. The fourth-order valence-corrected chi connectivity index (χ4v) is 2.19. The largest absolute Gasteiger partial charge is 0.494 e. The molecule has 2 rings (SSSR count). The number of nitro groups is 1. The van der Waals surface area contributed by atoms with Gasteiger partial charge in [-0.1, -0.05) is 11.6 Å². The Labute approximate surface area is 152 Å². The van der Waals surface area contributed by atoms with Gasteiger partial charge in [-0.05, 0) is 24.3 Å². The van der Waals surface area contributed by atoms with Gasteiger partial charge in [0.15, 0.2) is 6.61 Å².